The molecule has 2 aromatic carbocycles. The average Bonchev–Trinajstić information content (AvgIpc) is 3.35. The van der Waals surface area contributed by atoms with E-state index in [-0.39, 0.29) is 18.5 Å². The molecule has 9 heteroatoms. The van der Waals surface area contributed by atoms with E-state index in [1.807, 2.05) is 6.07 Å². The van der Waals surface area contributed by atoms with Crippen molar-refractivity contribution < 1.29 is 23.5 Å². The van der Waals surface area contributed by atoms with E-state index in [1.165, 1.54) is 6.42 Å². The fourth-order valence-corrected chi connectivity index (χ4v) is 4.49. The number of carbonyl (C=O) groups excluding carboxylic acids is 1. The summed E-state index contributed by atoms with van der Waals surface area (Å²) in [7, 11) is 4.69. The highest BCUT2D eigenvalue weighted by atomic mass is 35.5. The summed E-state index contributed by atoms with van der Waals surface area (Å²) in [5.74, 6) is 2.25. The quantitative estimate of drug-likeness (QED) is 0.422. The number of benzene rings is 2. The minimum absolute atomic E-state index is 0.0707. The summed E-state index contributed by atoms with van der Waals surface area (Å²) in [5, 5.41) is 4.60. The van der Waals surface area contributed by atoms with Gasteiger partial charge in [0.05, 0.1) is 26.9 Å². The Kier molecular flexibility index (Phi) is 7.57. The Hall–Kier alpha value is -3.26. The molecule has 3 aromatic rings. The molecule has 0 aliphatic heterocycles. The molecule has 1 saturated carbocycles. The van der Waals surface area contributed by atoms with E-state index in [0.717, 1.165) is 31.2 Å². The molecule has 34 heavy (non-hydrogen) atoms. The molecule has 0 atom stereocenters. The Morgan fingerprint density at radius 3 is 2.41 bits per heavy atom. The van der Waals surface area contributed by atoms with Crippen molar-refractivity contribution in [1.29, 1.82) is 0 Å². The monoisotopic (exact) mass is 485 g/mol. The van der Waals surface area contributed by atoms with Crippen LogP contribution in [0, 0.1) is 0 Å². The van der Waals surface area contributed by atoms with E-state index < -0.39 is 0 Å². The molecular weight excluding hydrogens is 458 g/mol. The van der Waals surface area contributed by atoms with Crippen LogP contribution in [0.4, 0.5) is 0 Å². The fourth-order valence-electron chi connectivity index (χ4n) is 4.32. The van der Waals surface area contributed by atoms with Crippen LogP contribution >= 0.6 is 11.6 Å². The van der Waals surface area contributed by atoms with Gasteiger partial charge in [0.25, 0.3) is 5.91 Å². The molecule has 0 saturated heterocycles. The number of halogens is 1. The summed E-state index contributed by atoms with van der Waals surface area (Å²) in [4.78, 5) is 20.0. The molecule has 0 spiro atoms. The number of ether oxygens (including phenoxy) is 3. The number of methoxy groups -OCH3 is 3. The van der Waals surface area contributed by atoms with Gasteiger partial charge in [-0.3, -0.25) is 4.79 Å². The SMILES string of the molecule is COc1ccc(-c2noc(CN(C(=O)c3cc(Cl)ccc3OC)C3CCCCC3)n2)cc1OC. The molecule has 0 N–H and O–H groups in total. The predicted molar refractivity (Wildman–Crippen MR) is 128 cm³/mol. The van der Waals surface area contributed by atoms with Gasteiger partial charge in [0.2, 0.25) is 11.7 Å². The van der Waals surface area contributed by atoms with Gasteiger partial charge < -0.3 is 23.6 Å². The van der Waals surface area contributed by atoms with Crippen LogP contribution in [0.15, 0.2) is 40.9 Å². The Bertz CT molecular complexity index is 1140. The zero-order chi connectivity index (χ0) is 24.1. The van der Waals surface area contributed by atoms with Gasteiger partial charge in [-0.05, 0) is 49.2 Å². The van der Waals surface area contributed by atoms with Crippen molar-refractivity contribution in [3.05, 3.63) is 52.9 Å². The van der Waals surface area contributed by atoms with Gasteiger partial charge in [-0.25, -0.2) is 0 Å². The number of aromatic nitrogens is 2. The van der Waals surface area contributed by atoms with Crippen molar-refractivity contribution in [2.45, 2.75) is 44.7 Å². The number of hydrogen-bond acceptors (Lipinski definition) is 7. The minimum atomic E-state index is -0.169. The van der Waals surface area contributed by atoms with Crippen molar-refractivity contribution in [2.24, 2.45) is 0 Å². The van der Waals surface area contributed by atoms with Crippen LogP contribution in [0.3, 0.4) is 0 Å². The van der Waals surface area contributed by atoms with Crippen LogP contribution in [0.5, 0.6) is 17.2 Å². The lowest BCUT2D eigenvalue weighted by Gasteiger charge is -2.33. The molecular formula is C25H28ClN3O5. The van der Waals surface area contributed by atoms with Gasteiger partial charge in [0.1, 0.15) is 12.3 Å². The normalized spacial score (nSPS) is 14.0. The van der Waals surface area contributed by atoms with Crippen LogP contribution in [0.2, 0.25) is 5.02 Å². The smallest absolute Gasteiger partial charge is 0.258 e. The van der Waals surface area contributed by atoms with Crippen LogP contribution in [0.1, 0.15) is 48.4 Å². The van der Waals surface area contributed by atoms with Gasteiger partial charge in [-0.2, -0.15) is 4.98 Å². The lowest BCUT2D eigenvalue weighted by Crippen LogP contribution is -2.41. The summed E-state index contributed by atoms with van der Waals surface area (Å²) in [6.45, 7) is 0.194. The maximum atomic E-state index is 13.7. The highest BCUT2D eigenvalue weighted by Gasteiger charge is 2.30. The molecule has 4 rings (SSSR count). The van der Waals surface area contributed by atoms with Crippen molar-refractivity contribution >= 4 is 17.5 Å². The number of amides is 1. The van der Waals surface area contributed by atoms with E-state index in [1.54, 1.807) is 56.6 Å². The Morgan fingerprint density at radius 2 is 1.71 bits per heavy atom. The largest absolute Gasteiger partial charge is 0.496 e. The second kappa shape index (κ2) is 10.8. The van der Waals surface area contributed by atoms with Crippen molar-refractivity contribution in [3.8, 4) is 28.6 Å². The van der Waals surface area contributed by atoms with Crippen molar-refractivity contribution in [3.63, 3.8) is 0 Å². The number of carbonyl (C=O) groups is 1. The van der Waals surface area contributed by atoms with E-state index in [0.29, 0.717) is 39.5 Å². The first-order valence-electron chi connectivity index (χ1n) is 11.2. The third kappa shape index (κ3) is 5.12. The summed E-state index contributed by atoms with van der Waals surface area (Å²) in [5.41, 5.74) is 1.14. The predicted octanol–water partition coefficient (Wildman–Crippen LogP) is 5.39. The first-order chi connectivity index (χ1) is 16.5. The molecule has 1 aromatic heterocycles. The Morgan fingerprint density at radius 1 is 1.00 bits per heavy atom. The van der Waals surface area contributed by atoms with Gasteiger partial charge in [-0.15, -0.1) is 0 Å². The van der Waals surface area contributed by atoms with Crippen LogP contribution in [0.25, 0.3) is 11.4 Å². The number of hydrogen-bond donors (Lipinski definition) is 0. The molecule has 1 heterocycles. The lowest BCUT2D eigenvalue weighted by atomic mass is 9.93. The second-order valence-corrected chi connectivity index (χ2v) is 8.59. The molecule has 0 bridgehead atoms. The van der Waals surface area contributed by atoms with E-state index >= 15 is 0 Å². The van der Waals surface area contributed by atoms with Gasteiger partial charge >= 0.3 is 0 Å². The maximum Gasteiger partial charge on any atom is 0.258 e. The summed E-state index contributed by atoms with van der Waals surface area (Å²) in [6.07, 6.45) is 5.16. The van der Waals surface area contributed by atoms with Gasteiger partial charge in [0, 0.05) is 16.6 Å². The average molecular weight is 486 g/mol. The third-order valence-electron chi connectivity index (χ3n) is 6.08. The molecule has 1 aliphatic rings. The topological polar surface area (TPSA) is 86.9 Å². The van der Waals surface area contributed by atoms with Crippen LogP contribution in [-0.4, -0.2) is 48.3 Å². The van der Waals surface area contributed by atoms with Gasteiger partial charge in [-0.1, -0.05) is 36.0 Å². The third-order valence-corrected chi connectivity index (χ3v) is 6.32. The van der Waals surface area contributed by atoms with Gasteiger partial charge in [0.15, 0.2) is 11.5 Å². The van der Waals surface area contributed by atoms with Crippen LogP contribution in [-0.2, 0) is 6.54 Å². The van der Waals surface area contributed by atoms with E-state index in [9.17, 15) is 4.79 Å². The zero-order valence-corrected chi connectivity index (χ0v) is 20.3. The summed E-state index contributed by atoms with van der Waals surface area (Å²) >= 11 is 6.20. The summed E-state index contributed by atoms with van der Waals surface area (Å²) in [6, 6.07) is 10.5. The van der Waals surface area contributed by atoms with Crippen molar-refractivity contribution in [1.82, 2.24) is 15.0 Å². The second-order valence-electron chi connectivity index (χ2n) is 8.15. The number of nitrogens with zero attached hydrogens (tertiary/aromatic N) is 3. The first kappa shape index (κ1) is 23.9. The minimum Gasteiger partial charge on any atom is -0.496 e. The molecule has 0 radical (unpaired) electrons. The van der Waals surface area contributed by atoms with Crippen LogP contribution < -0.4 is 14.2 Å². The molecule has 180 valence electrons. The maximum absolute atomic E-state index is 13.7. The molecule has 1 amide bonds. The highest BCUT2D eigenvalue weighted by Crippen LogP contribution is 2.32. The molecule has 0 unspecified atom stereocenters. The summed E-state index contributed by atoms with van der Waals surface area (Å²) < 4.78 is 21.7. The first-order valence-corrected chi connectivity index (χ1v) is 11.6. The van der Waals surface area contributed by atoms with E-state index in [4.69, 9.17) is 30.3 Å². The Balaban J connectivity index is 1.63. The fraction of sp³-hybridized carbons (Fsp3) is 0.400. The lowest BCUT2D eigenvalue weighted by molar-refractivity contribution is 0.0582. The molecule has 8 nitrogen and oxygen atoms in total. The van der Waals surface area contributed by atoms with Crippen molar-refractivity contribution in [2.75, 3.05) is 21.3 Å². The molecule has 1 aliphatic carbocycles. The molecule has 1 fully saturated rings. The number of rotatable bonds is 8. The highest BCUT2D eigenvalue weighted by molar-refractivity contribution is 6.31. The zero-order valence-electron chi connectivity index (χ0n) is 19.5. The Labute approximate surface area is 203 Å². The van der Waals surface area contributed by atoms with E-state index in [2.05, 4.69) is 10.1 Å². The standard InChI is InChI=1S/C25H28ClN3O5/c1-31-20-12-10-17(26)14-19(20)25(30)29(18-7-5-4-6-8-18)15-23-27-24(28-34-23)16-9-11-21(32-2)22(13-16)33-3/h9-14,18H,4-8,15H2,1-3H3.